The van der Waals surface area contributed by atoms with Crippen molar-refractivity contribution in [3.05, 3.63) is 0 Å². The van der Waals surface area contributed by atoms with Crippen molar-refractivity contribution in [2.24, 2.45) is 0 Å². The van der Waals surface area contributed by atoms with Crippen molar-refractivity contribution in [1.82, 2.24) is 0 Å². The molecule has 1 atom stereocenters. The van der Waals surface area contributed by atoms with E-state index in [-0.39, 0.29) is 0 Å². The van der Waals surface area contributed by atoms with Gasteiger partial charge in [0, 0.05) is 0 Å². The maximum Gasteiger partial charge on any atom is 0.351 e. The zero-order valence-corrected chi connectivity index (χ0v) is 5.77. The van der Waals surface area contributed by atoms with Crippen molar-refractivity contribution in [1.29, 1.82) is 0 Å². The number of carboxylic acids is 1. The predicted octanol–water partition coefficient (Wildman–Crippen LogP) is 1.19. The molecule has 0 rings (SSSR count). The van der Waals surface area contributed by atoms with Crippen molar-refractivity contribution < 1.29 is 14.3 Å². The number of hydrogen-bond acceptors (Lipinski definition) is 1. The van der Waals surface area contributed by atoms with Crippen LogP contribution in [0, 0.1) is 0 Å². The Morgan fingerprint density at radius 3 is 2.14 bits per heavy atom. The SMILES string of the molecule is CC(F)(I)C(=O)O. The Kier molecular flexibility index (Phi) is 1.97. The van der Waals surface area contributed by atoms with Gasteiger partial charge < -0.3 is 5.11 Å². The lowest BCUT2D eigenvalue weighted by atomic mass is 10.5. The number of hydrogen-bond donors (Lipinski definition) is 1. The number of aliphatic carboxylic acids is 1. The molecule has 7 heavy (non-hydrogen) atoms. The average molecular weight is 218 g/mol. The Morgan fingerprint density at radius 1 is 2.00 bits per heavy atom. The maximum atomic E-state index is 11.9. The van der Waals surface area contributed by atoms with E-state index in [1.807, 2.05) is 0 Å². The minimum atomic E-state index is -2.11. The lowest BCUT2D eigenvalue weighted by molar-refractivity contribution is -0.142. The first-order valence-electron chi connectivity index (χ1n) is 1.56. The summed E-state index contributed by atoms with van der Waals surface area (Å²) in [4.78, 5) is 9.64. The van der Waals surface area contributed by atoms with Crippen LogP contribution < -0.4 is 0 Å². The molecule has 0 aromatic carbocycles. The monoisotopic (exact) mass is 218 g/mol. The molecule has 0 aliphatic heterocycles. The average Bonchev–Trinajstić information content (AvgIpc) is 1.31. The van der Waals surface area contributed by atoms with Crippen molar-refractivity contribution in [3.8, 4) is 0 Å². The van der Waals surface area contributed by atoms with Crippen molar-refractivity contribution in [2.75, 3.05) is 0 Å². The van der Waals surface area contributed by atoms with E-state index in [4.69, 9.17) is 5.11 Å². The summed E-state index contributed by atoms with van der Waals surface area (Å²) in [6, 6.07) is 0. The van der Waals surface area contributed by atoms with Crippen molar-refractivity contribution in [3.63, 3.8) is 0 Å². The third-order valence-corrected chi connectivity index (χ3v) is 0.837. The summed E-state index contributed by atoms with van der Waals surface area (Å²) >= 11 is 1.20. The van der Waals surface area contributed by atoms with Crippen LogP contribution in [0.15, 0.2) is 0 Å². The number of carbonyl (C=O) groups is 1. The topological polar surface area (TPSA) is 37.3 Å². The molecular weight excluding hydrogens is 214 g/mol. The van der Waals surface area contributed by atoms with Crippen LogP contribution in [0.5, 0.6) is 0 Å². The fourth-order valence-corrected chi connectivity index (χ4v) is 0. The fourth-order valence-electron chi connectivity index (χ4n) is 0. The third kappa shape index (κ3) is 2.78. The molecule has 0 aliphatic rings. The predicted molar refractivity (Wildman–Crippen MR) is 31.2 cm³/mol. The van der Waals surface area contributed by atoms with E-state index in [1.54, 1.807) is 0 Å². The second-order valence-electron chi connectivity index (χ2n) is 1.19. The molecule has 0 amide bonds. The molecule has 2 nitrogen and oxygen atoms in total. The van der Waals surface area contributed by atoms with Gasteiger partial charge in [0.15, 0.2) is 0 Å². The standard InChI is InChI=1S/C3H4FIO2/c1-3(4,5)2(6)7/h1H3,(H,6,7). The van der Waals surface area contributed by atoms with Crippen LogP contribution in [-0.2, 0) is 4.79 Å². The second kappa shape index (κ2) is 1.94. The van der Waals surface area contributed by atoms with E-state index in [2.05, 4.69) is 0 Å². The molecule has 0 heterocycles. The molecule has 1 N–H and O–H groups in total. The molecule has 0 radical (unpaired) electrons. The van der Waals surface area contributed by atoms with Gasteiger partial charge in [0.05, 0.1) is 0 Å². The van der Waals surface area contributed by atoms with E-state index in [1.165, 1.54) is 22.6 Å². The number of halogens is 2. The highest BCUT2D eigenvalue weighted by molar-refractivity contribution is 14.1. The van der Waals surface area contributed by atoms with Gasteiger partial charge >= 0.3 is 5.97 Å². The highest BCUT2D eigenvalue weighted by atomic mass is 127. The summed E-state index contributed by atoms with van der Waals surface area (Å²) in [7, 11) is 0. The molecule has 0 aromatic rings. The zero-order chi connectivity index (χ0) is 6.08. The fraction of sp³-hybridized carbons (Fsp3) is 0.667. The first-order chi connectivity index (χ1) is 2.94. The summed E-state index contributed by atoms with van der Waals surface area (Å²) in [5.74, 6) is -1.44. The third-order valence-electron chi connectivity index (χ3n) is 0.376. The Balaban J connectivity index is 3.79. The first-order valence-corrected chi connectivity index (χ1v) is 2.63. The van der Waals surface area contributed by atoms with E-state index < -0.39 is 9.64 Å². The van der Waals surface area contributed by atoms with Crippen LogP contribution in [0.3, 0.4) is 0 Å². The van der Waals surface area contributed by atoms with E-state index in [0.717, 1.165) is 6.92 Å². The van der Waals surface area contributed by atoms with Gasteiger partial charge in [0.2, 0.25) is 0 Å². The van der Waals surface area contributed by atoms with Crippen LogP contribution in [0.25, 0.3) is 0 Å². The molecule has 0 spiro atoms. The number of alkyl halides is 2. The molecule has 0 aliphatic carbocycles. The van der Waals surface area contributed by atoms with Crippen LogP contribution in [-0.4, -0.2) is 14.8 Å². The van der Waals surface area contributed by atoms with Crippen LogP contribution in [0.1, 0.15) is 6.92 Å². The Hall–Kier alpha value is 0.130. The summed E-state index contributed by atoms with van der Waals surface area (Å²) in [6.45, 7) is 0.982. The molecule has 0 saturated heterocycles. The van der Waals surface area contributed by atoms with Gasteiger partial charge in [0.25, 0.3) is 3.68 Å². The summed E-state index contributed by atoms with van der Waals surface area (Å²) in [5, 5.41) is 7.87. The van der Waals surface area contributed by atoms with Crippen LogP contribution >= 0.6 is 22.6 Å². The summed E-state index contributed by atoms with van der Waals surface area (Å²) in [5.41, 5.74) is 0. The molecule has 0 bridgehead atoms. The van der Waals surface area contributed by atoms with Crippen LogP contribution in [0.2, 0.25) is 0 Å². The van der Waals surface area contributed by atoms with E-state index in [9.17, 15) is 9.18 Å². The highest BCUT2D eigenvalue weighted by Gasteiger charge is 2.27. The molecular formula is C3H4FIO2. The molecule has 4 heteroatoms. The van der Waals surface area contributed by atoms with E-state index >= 15 is 0 Å². The number of carboxylic acid groups (broad SMARTS) is 1. The molecule has 42 valence electrons. The number of rotatable bonds is 1. The highest BCUT2D eigenvalue weighted by Crippen LogP contribution is 2.18. The molecule has 0 saturated carbocycles. The van der Waals surface area contributed by atoms with Gasteiger partial charge in [-0.25, -0.2) is 9.18 Å². The lowest BCUT2D eigenvalue weighted by Gasteiger charge is -2.01. The lowest BCUT2D eigenvalue weighted by Crippen LogP contribution is -2.20. The smallest absolute Gasteiger partial charge is 0.351 e. The minimum Gasteiger partial charge on any atom is -0.478 e. The summed E-state index contributed by atoms with van der Waals surface area (Å²) < 4.78 is 9.79. The minimum absolute atomic E-state index is 0.982. The second-order valence-corrected chi connectivity index (χ2v) is 3.22. The van der Waals surface area contributed by atoms with Crippen molar-refractivity contribution >= 4 is 28.6 Å². The molecule has 0 fully saturated rings. The van der Waals surface area contributed by atoms with Gasteiger partial charge in [-0.05, 0) is 29.5 Å². The summed E-state index contributed by atoms with van der Waals surface area (Å²) in [6.07, 6.45) is 0. The Labute approximate surface area is 53.9 Å². The Morgan fingerprint density at radius 2 is 2.14 bits per heavy atom. The first kappa shape index (κ1) is 7.13. The molecule has 1 unspecified atom stereocenters. The maximum absolute atomic E-state index is 11.9. The van der Waals surface area contributed by atoms with Gasteiger partial charge in [-0.1, -0.05) is 0 Å². The van der Waals surface area contributed by atoms with Gasteiger partial charge in [-0.3, -0.25) is 0 Å². The van der Waals surface area contributed by atoms with Crippen LogP contribution in [0.4, 0.5) is 4.39 Å². The van der Waals surface area contributed by atoms with Gasteiger partial charge in [-0.2, -0.15) is 0 Å². The largest absolute Gasteiger partial charge is 0.478 e. The van der Waals surface area contributed by atoms with Gasteiger partial charge in [-0.15, -0.1) is 0 Å². The Bertz CT molecular complexity index is 85.4. The van der Waals surface area contributed by atoms with E-state index in [0.29, 0.717) is 0 Å². The zero-order valence-electron chi connectivity index (χ0n) is 3.61. The van der Waals surface area contributed by atoms with Gasteiger partial charge in [0.1, 0.15) is 0 Å². The normalized spacial score (nSPS) is 18.1. The van der Waals surface area contributed by atoms with Crippen molar-refractivity contribution in [2.45, 2.75) is 10.6 Å². The quantitative estimate of drug-likeness (QED) is 0.530. The molecule has 0 aromatic heterocycles.